The van der Waals surface area contributed by atoms with Crippen molar-refractivity contribution in [2.24, 2.45) is 0 Å². The molecule has 0 aromatic heterocycles. The van der Waals surface area contributed by atoms with Crippen LogP contribution >= 0.6 is 0 Å². The third kappa shape index (κ3) is 4.10. The number of amides is 3. The van der Waals surface area contributed by atoms with Gasteiger partial charge in [-0.05, 0) is 31.2 Å². The molecule has 0 bridgehead atoms. The van der Waals surface area contributed by atoms with Crippen molar-refractivity contribution in [1.29, 1.82) is 0 Å². The molecule has 3 amide bonds. The van der Waals surface area contributed by atoms with Gasteiger partial charge in [0.1, 0.15) is 6.54 Å². The van der Waals surface area contributed by atoms with Crippen molar-refractivity contribution in [3.63, 3.8) is 0 Å². The second-order valence-corrected chi connectivity index (χ2v) is 8.07. The van der Waals surface area contributed by atoms with Crippen LogP contribution in [0.4, 0.5) is 0 Å². The molecule has 0 atom stereocenters. The third-order valence-electron chi connectivity index (χ3n) is 4.25. The lowest BCUT2D eigenvalue weighted by molar-refractivity contribution is -0.121. The highest BCUT2D eigenvalue weighted by molar-refractivity contribution is 7.89. The van der Waals surface area contributed by atoms with E-state index in [1.165, 1.54) is 24.3 Å². The summed E-state index contributed by atoms with van der Waals surface area (Å²) in [6.45, 7) is 1.43. The van der Waals surface area contributed by atoms with Crippen LogP contribution < -0.4 is 10.0 Å². The molecule has 8 nitrogen and oxygen atoms in total. The number of hydrogen-bond acceptors (Lipinski definition) is 5. The van der Waals surface area contributed by atoms with Crippen molar-refractivity contribution in [3.8, 4) is 0 Å². The minimum atomic E-state index is -3.67. The zero-order valence-electron chi connectivity index (χ0n) is 15.1. The predicted octanol–water partition coefficient (Wildman–Crippen LogP) is 0.686. The largest absolute Gasteiger partial charge is 0.353 e. The first-order chi connectivity index (χ1) is 13.3. The monoisotopic (exact) mass is 401 g/mol. The summed E-state index contributed by atoms with van der Waals surface area (Å²) in [4.78, 5) is 37.5. The van der Waals surface area contributed by atoms with E-state index in [2.05, 4.69) is 10.0 Å². The average molecular weight is 401 g/mol. The number of carbonyl (C=O) groups is 3. The van der Waals surface area contributed by atoms with E-state index in [0.29, 0.717) is 0 Å². The molecule has 0 aliphatic carbocycles. The van der Waals surface area contributed by atoms with Crippen LogP contribution in [0, 0.1) is 6.92 Å². The predicted molar refractivity (Wildman–Crippen MR) is 101 cm³/mol. The number of hydrogen-bond donors (Lipinski definition) is 2. The number of rotatable bonds is 7. The molecule has 146 valence electrons. The van der Waals surface area contributed by atoms with Gasteiger partial charge in [0.25, 0.3) is 11.8 Å². The Labute approximate surface area is 162 Å². The van der Waals surface area contributed by atoms with Gasteiger partial charge in [0, 0.05) is 13.1 Å². The van der Waals surface area contributed by atoms with E-state index in [1.54, 1.807) is 24.3 Å². The molecule has 1 aliphatic heterocycles. The number of fused-ring (bicyclic) bond motifs is 1. The molecule has 2 N–H and O–H groups in total. The van der Waals surface area contributed by atoms with Gasteiger partial charge in [0.2, 0.25) is 15.9 Å². The van der Waals surface area contributed by atoms with Gasteiger partial charge in [0.15, 0.2) is 0 Å². The molecule has 0 unspecified atom stereocenters. The van der Waals surface area contributed by atoms with Gasteiger partial charge in [-0.3, -0.25) is 19.3 Å². The molecule has 0 saturated heterocycles. The van der Waals surface area contributed by atoms with Crippen molar-refractivity contribution in [3.05, 3.63) is 65.2 Å². The van der Waals surface area contributed by atoms with Gasteiger partial charge in [-0.1, -0.05) is 29.8 Å². The van der Waals surface area contributed by atoms with Crippen molar-refractivity contribution >= 4 is 27.7 Å². The van der Waals surface area contributed by atoms with Crippen molar-refractivity contribution in [2.45, 2.75) is 11.8 Å². The molecule has 1 heterocycles. The quantitative estimate of drug-likeness (QED) is 0.523. The van der Waals surface area contributed by atoms with Crippen LogP contribution in [-0.4, -0.2) is 50.7 Å². The highest BCUT2D eigenvalue weighted by atomic mass is 32.2. The van der Waals surface area contributed by atoms with Gasteiger partial charge in [-0.25, -0.2) is 13.1 Å². The van der Waals surface area contributed by atoms with E-state index >= 15 is 0 Å². The van der Waals surface area contributed by atoms with Gasteiger partial charge < -0.3 is 5.32 Å². The SMILES string of the molecule is Cc1ccc(S(=O)(=O)NCCNC(=O)CN2C(=O)c3ccccc3C2=O)cc1. The Morgan fingerprint density at radius 3 is 2.07 bits per heavy atom. The van der Waals surface area contributed by atoms with Crippen LogP contribution in [0.3, 0.4) is 0 Å². The lowest BCUT2D eigenvalue weighted by Gasteiger charge is -2.14. The lowest BCUT2D eigenvalue weighted by Crippen LogP contribution is -2.42. The summed E-state index contributed by atoms with van der Waals surface area (Å²) in [6.07, 6.45) is 0. The van der Waals surface area contributed by atoms with E-state index in [-0.39, 0.29) is 29.1 Å². The van der Waals surface area contributed by atoms with Crippen molar-refractivity contribution < 1.29 is 22.8 Å². The number of nitrogens with zero attached hydrogens (tertiary/aromatic N) is 1. The van der Waals surface area contributed by atoms with Crippen LogP contribution in [0.15, 0.2) is 53.4 Å². The molecular formula is C19H19N3O5S. The number of nitrogens with one attached hydrogen (secondary N) is 2. The topological polar surface area (TPSA) is 113 Å². The number of imide groups is 1. The summed E-state index contributed by atoms with van der Waals surface area (Å²) >= 11 is 0. The summed E-state index contributed by atoms with van der Waals surface area (Å²) in [6, 6.07) is 12.7. The molecule has 2 aromatic carbocycles. The molecule has 28 heavy (non-hydrogen) atoms. The molecule has 1 aliphatic rings. The smallest absolute Gasteiger partial charge is 0.262 e. The van der Waals surface area contributed by atoms with Crippen LogP contribution in [0.2, 0.25) is 0 Å². The Bertz CT molecular complexity index is 997. The maximum absolute atomic E-state index is 12.2. The molecule has 0 spiro atoms. The van der Waals surface area contributed by atoms with Gasteiger partial charge in [-0.2, -0.15) is 0 Å². The fourth-order valence-electron chi connectivity index (χ4n) is 2.77. The second-order valence-electron chi connectivity index (χ2n) is 6.30. The first-order valence-electron chi connectivity index (χ1n) is 8.58. The number of aryl methyl sites for hydroxylation is 1. The Morgan fingerprint density at radius 1 is 0.929 bits per heavy atom. The van der Waals surface area contributed by atoms with Crippen molar-refractivity contribution in [2.75, 3.05) is 19.6 Å². The summed E-state index contributed by atoms with van der Waals surface area (Å²) < 4.78 is 26.7. The minimum Gasteiger partial charge on any atom is -0.353 e. The Hall–Kier alpha value is -3.04. The van der Waals surface area contributed by atoms with Crippen LogP contribution in [0.25, 0.3) is 0 Å². The zero-order chi connectivity index (χ0) is 20.3. The molecule has 0 fully saturated rings. The number of benzene rings is 2. The van der Waals surface area contributed by atoms with Crippen molar-refractivity contribution in [1.82, 2.24) is 14.9 Å². The molecular weight excluding hydrogens is 382 g/mol. The summed E-state index contributed by atoms with van der Waals surface area (Å²) in [7, 11) is -3.67. The van der Waals surface area contributed by atoms with Gasteiger partial charge in [-0.15, -0.1) is 0 Å². The first kappa shape index (κ1) is 19.7. The first-order valence-corrected chi connectivity index (χ1v) is 10.1. The summed E-state index contributed by atoms with van der Waals surface area (Å²) in [5.41, 5.74) is 1.48. The Balaban J connectivity index is 1.48. The van der Waals surface area contributed by atoms with Gasteiger partial charge in [0.05, 0.1) is 16.0 Å². The molecule has 0 radical (unpaired) electrons. The minimum absolute atomic E-state index is 0.0209. The zero-order valence-corrected chi connectivity index (χ0v) is 16.0. The molecule has 2 aromatic rings. The Kier molecular flexibility index (Phi) is 5.57. The maximum Gasteiger partial charge on any atom is 0.262 e. The van der Waals surface area contributed by atoms with E-state index in [0.717, 1.165) is 10.5 Å². The van der Waals surface area contributed by atoms with E-state index < -0.39 is 34.3 Å². The molecule has 0 saturated carbocycles. The Morgan fingerprint density at radius 2 is 1.50 bits per heavy atom. The van der Waals surface area contributed by atoms with E-state index in [9.17, 15) is 22.8 Å². The van der Waals surface area contributed by atoms with Gasteiger partial charge >= 0.3 is 0 Å². The lowest BCUT2D eigenvalue weighted by atomic mass is 10.1. The van der Waals surface area contributed by atoms with Crippen LogP contribution in [-0.2, 0) is 14.8 Å². The highest BCUT2D eigenvalue weighted by Crippen LogP contribution is 2.21. The summed E-state index contributed by atoms with van der Waals surface area (Å²) in [5.74, 6) is -1.59. The van der Waals surface area contributed by atoms with Crippen LogP contribution in [0.5, 0.6) is 0 Å². The normalized spacial score (nSPS) is 13.5. The van der Waals surface area contributed by atoms with Crippen LogP contribution in [0.1, 0.15) is 26.3 Å². The average Bonchev–Trinajstić information content (AvgIpc) is 2.91. The summed E-state index contributed by atoms with van der Waals surface area (Å²) in [5, 5.41) is 2.50. The van der Waals surface area contributed by atoms with E-state index in [1.807, 2.05) is 6.92 Å². The second kappa shape index (κ2) is 7.91. The fourth-order valence-corrected chi connectivity index (χ4v) is 3.80. The highest BCUT2D eigenvalue weighted by Gasteiger charge is 2.36. The number of sulfonamides is 1. The molecule has 3 rings (SSSR count). The maximum atomic E-state index is 12.2. The fraction of sp³-hybridized carbons (Fsp3) is 0.211. The number of carbonyl (C=O) groups excluding carboxylic acids is 3. The van der Waals surface area contributed by atoms with E-state index in [4.69, 9.17) is 0 Å². The molecule has 9 heteroatoms. The third-order valence-corrected chi connectivity index (χ3v) is 5.73. The standard InChI is InChI=1S/C19H19N3O5S/c1-13-6-8-14(9-7-13)28(26,27)21-11-10-20-17(23)12-22-18(24)15-4-2-3-5-16(15)19(22)25/h2-9,21H,10-12H2,1H3,(H,20,23).